The van der Waals surface area contributed by atoms with Crippen LogP contribution in [0.4, 0.5) is 4.39 Å². The maximum Gasteiger partial charge on any atom is 0.343 e. The van der Waals surface area contributed by atoms with E-state index in [2.05, 4.69) is 0 Å². The van der Waals surface area contributed by atoms with Crippen molar-refractivity contribution in [3.8, 4) is 5.75 Å². The summed E-state index contributed by atoms with van der Waals surface area (Å²) in [6.07, 6.45) is 0.0196. The van der Waals surface area contributed by atoms with Crippen molar-refractivity contribution in [2.45, 2.75) is 12.6 Å². The van der Waals surface area contributed by atoms with Crippen LogP contribution in [0, 0.1) is 0 Å². The number of rotatable bonds is 2. The Bertz CT molecular complexity index is 451. The zero-order valence-electron chi connectivity index (χ0n) is 7.77. The van der Waals surface area contributed by atoms with Crippen LogP contribution >= 0.6 is 0 Å². The van der Waals surface area contributed by atoms with Gasteiger partial charge >= 0.3 is 5.97 Å². The van der Waals surface area contributed by atoms with Crippen LogP contribution in [0.25, 0.3) is 5.57 Å². The van der Waals surface area contributed by atoms with Crippen molar-refractivity contribution in [3.05, 3.63) is 35.4 Å². The molecule has 1 aliphatic carbocycles. The average Bonchev–Trinajstić information content (AvgIpc) is 2.59. The lowest BCUT2D eigenvalue weighted by Gasteiger charge is -2.07. The van der Waals surface area contributed by atoms with Gasteiger partial charge in [0.25, 0.3) is 0 Å². The van der Waals surface area contributed by atoms with E-state index in [0.29, 0.717) is 12.0 Å². The molecule has 1 aliphatic rings. The molecule has 0 saturated carbocycles. The molecule has 0 heterocycles. The molecule has 1 unspecified atom stereocenters. The van der Waals surface area contributed by atoms with Crippen LogP contribution < -0.4 is 0 Å². The molecule has 0 radical (unpaired) electrons. The minimum Gasteiger partial charge on any atom is -0.508 e. The second-order valence-electron chi connectivity index (χ2n) is 3.41. The molecule has 0 aromatic heterocycles. The fraction of sp³-hybridized carbons (Fsp3) is 0.182. The van der Waals surface area contributed by atoms with E-state index in [1.54, 1.807) is 12.1 Å². The number of phenols is 1. The van der Waals surface area contributed by atoms with Crippen molar-refractivity contribution in [1.82, 2.24) is 0 Å². The van der Waals surface area contributed by atoms with E-state index in [1.807, 2.05) is 0 Å². The topological polar surface area (TPSA) is 57.5 Å². The predicted molar refractivity (Wildman–Crippen MR) is 52.3 cm³/mol. The number of phenolic OH excluding ortho intramolecular Hbond substituents is 1. The van der Waals surface area contributed by atoms with Crippen LogP contribution in [-0.4, -0.2) is 22.4 Å². The summed E-state index contributed by atoms with van der Waals surface area (Å²) in [7, 11) is 0. The van der Waals surface area contributed by atoms with Crippen LogP contribution in [0.15, 0.2) is 24.3 Å². The molecule has 0 bridgehead atoms. The molecule has 1 aromatic carbocycles. The maximum absolute atomic E-state index is 13.3. The predicted octanol–water partition coefficient (Wildman–Crippen LogP) is 1.75. The highest BCUT2D eigenvalue weighted by Gasteiger charge is 2.27. The number of alkyl halides is 1. The Morgan fingerprint density at radius 3 is 2.87 bits per heavy atom. The first-order valence-electron chi connectivity index (χ1n) is 4.49. The molecular formula is C11H9FO3. The van der Waals surface area contributed by atoms with Gasteiger partial charge in [-0.05, 0) is 29.7 Å². The first kappa shape index (κ1) is 9.71. The third-order valence-electron chi connectivity index (χ3n) is 2.43. The Hall–Kier alpha value is -1.84. The molecule has 0 aliphatic heterocycles. The van der Waals surface area contributed by atoms with Crippen LogP contribution in [0.1, 0.15) is 11.1 Å². The Balaban J connectivity index is 2.39. The highest BCUT2D eigenvalue weighted by atomic mass is 19.1. The summed E-state index contributed by atoms with van der Waals surface area (Å²) in [5.41, 5.74) is 1.51. The van der Waals surface area contributed by atoms with E-state index in [0.717, 1.165) is 5.56 Å². The van der Waals surface area contributed by atoms with Gasteiger partial charge in [0.1, 0.15) is 5.75 Å². The van der Waals surface area contributed by atoms with Gasteiger partial charge in [-0.3, -0.25) is 0 Å². The van der Waals surface area contributed by atoms with Gasteiger partial charge in [0.05, 0.1) is 0 Å². The van der Waals surface area contributed by atoms with Crippen LogP contribution in [0.3, 0.4) is 0 Å². The molecule has 78 valence electrons. The quantitative estimate of drug-likeness (QED) is 0.778. The average molecular weight is 208 g/mol. The number of hydrogen-bond donors (Lipinski definition) is 2. The number of carboxylic acids is 1. The summed E-state index contributed by atoms with van der Waals surface area (Å²) < 4.78 is 13.3. The third-order valence-corrected chi connectivity index (χ3v) is 2.43. The summed E-state index contributed by atoms with van der Waals surface area (Å²) in [6, 6.07) is 4.49. The number of benzene rings is 1. The molecular weight excluding hydrogens is 199 g/mol. The van der Waals surface area contributed by atoms with Crippen molar-refractivity contribution < 1.29 is 19.4 Å². The number of carboxylic acid groups (broad SMARTS) is 1. The van der Waals surface area contributed by atoms with E-state index in [1.165, 1.54) is 12.1 Å². The summed E-state index contributed by atoms with van der Waals surface area (Å²) in [5.74, 6) is -1.38. The molecule has 0 amide bonds. The summed E-state index contributed by atoms with van der Waals surface area (Å²) in [4.78, 5) is 10.5. The first-order valence-corrected chi connectivity index (χ1v) is 4.49. The molecule has 0 saturated heterocycles. The fourth-order valence-corrected chi connectivity index (χ4v) is 1.73. The minimum atomic E-state index is -1.99. The van der Waals surface area contributed by atoms with Crippen molar-refractivity contribution in [1.29, 1.82) is 0 Å². The van der Waals surface area contributed by atoms with Crippen LogP contribution in [0.5, 0.6) is 5.75 Å². The standard InChI is InChI=1S/C11H9FO3/c12-10(11(14)15)9-3-1-6-5-7(13)2-4-8(6)9/h2-5,10,13H,1H2,(H,14,15). The van der Waals surface area contributed by atoms with E-state index in [-0.39, 0.29) is 11.3 Å². The molecule has 2 N–H and O–H groups in total. The number of aliphatic carboxylic acids is 1. The number of allylic oxidation sites excluding steroid dienone is 1. The van der Waals surface area contributed by atoms with Gasteiger partial charge in [-0.2, -0.15) is 0 Å². The summed E-state index contributed by atoms with van der Waals surface area (Å²) >= 11 is 0. The number of halogens is 1. The number of aromatic hydroxyl groups is 1. The monoisotopic (exact) mass is 208 g/mol. The van der Waals surface area contributed by atoms with E-state index < -0.39 is 12.1 Å². The minimum absolute atomic E-state index is 0.106. The van der Waals surface area contributed by atoms with Crippen molar-refractivity contribution in [2.24, 2.45) is 0 Å². The van der Waals surface area contributed by atoms with Gasteiger partial charge in [-0.1, -0.05) is 12.1 Å². The molecule has 3 nitrogen and oxygen atoms in total. The van der Waals surface area contributed by atoms with E-state index >= 15 is 0 Å². The second-order valence-corrected chi connectivity index (χ2v) is 3.41. The highest BCUT2D eigenvalue weighted by Crippen LogP contribution is 2.33. The summed E-state index contributed by atoms with van der Waals surface area (Å²) in [6.45, 7) is 0. The van der Waals surface area contributed by atoms with E-state index in [9.17, 15) is 14.3 Å². The van der Waals surface area contributed by atoms with Crippen molar-refractivity contribution in [3.63, 3.8) is 0 Å². The molecule has 0 spiro atoms. The first-order chi connectivity index (χ1) is 7.09. The van der Waals surface area contributed by atoms with Crippen molar-refractivity contribution >= 4 is 11.5 Å². The zero-order chi connectivity index (χ0) is 11.0. The number of hydrogen-bond acceptors (Lipinski definition) is 2. The molecule has 4 heteroatoms. The molecule has 15 heavy (non-hydrogen) atoms. The second kappa shape index (κ2) is 3.38. The smallest absolute Gasteiger partial charge is 0.343 e. The highest BCUT2D eigenvalue weighted by molar-refractivity contribution is 5.92. The van der Waals surface area contributed by atoms with Gasteiger partial charge in [0, 0.05) is 5.57 Å². The molecule has 0 fully saturated rings. The van der Waals surface area contributed by atoms with Gasteiger partial charge in [-0.15, -0.1) is 0 Å². The molecule has 1 atom stereocenters. The Morgan fingerprint density at radius 1 is 1.47 bits per heavy atom. The third kappa shape index (κ3) is 1.58. The van der Waals surface area contributed by atoms with Crippen LogP contribution in [-0.2, 0) is 11.2 Å². The van der Waals surface area contributed by atoms with Gasteiger partial charge in [0.15, 0.2) is 0 Å². The van der Waals surface area contributed by atoms with Crippen molar-refractivity contribution in [2.75, 3.05) is 0 Å². The van der Waals surface area contributed by atoms with Gasteiger partial charge < -0.3 is 10.2 Å². The largest absolute Gasteiger partial charge is 0.508 e. The zero-order valence-corrected chi connectivity index (χ0v) is 7.77. The molecule has 1 aromatic rings. The number of fused-ring (bicyclic) bond motifs is 1. The normalized spacial score (nSPS) is 15.7. The lowest BCUT2D eigenvalue weighted by atomic mass is 10.0. The van der Waals surface area contributed by atoms with Gasteiger partial charge in [-0.25, -0.2) is 9.18 Å². The van der Waals surface area contributed by atoms with Gasteiger partial charge in [0.2, 0.25) is 6.17 Å². The molecule has 2 rings (SSSR count). The maximum atomic E-state index is 13.3. The lowest BCUT2D eigenvalue weighted by molar-refractivity contribution is -0.140. The Morgan fingerprint density at radius 2 is 2.20 bits per heavy atom. The Labute approximate surface area is 85.5 Å². The number of carbonyl (C=O) groups is 1. The summed E-state index contributed by atoms with van der Waals surface area (Å²) in [5, 5.41) is 17.8. The lowest BCUT2D eigenvalue weighted by Crippen LogP contribution is -2.15. The van der Waals surface area contributed by atoms with E-state index in [4.69, 9.17) is 5.11 Å². The fourth-order valence-electron chi connectivity index (χ4n) is 1.73. The van der Waals surface area contributed by atoms with Crippen LogP contribution in [0.2, 0.25) is 0 Å². The SMILES string of the molecule is O=C(O)C(F)C1=CCc2cc(O)ccc21. The Kier molecular flexibility index (Phi) is 2.19.